The number of aromatic nitrogens is 2. The van der Waals surface area contributed by atoms with Crippen molar-refractivity contribution in [2.24, 2.45) is 0 Å². The van der Waals surface area contributed by atoms with Crippen LogP contribution in [0.5, 0.6) is 5.75 Å². The lowest BCUT2D eigenvalue weighted by atomic mass is 9.99. The first-order valence-corrected chi connectivity index (χ1v) is 6.16. The van der Waals surface area contributed by atoms with Gasteiger partial charge in [0.2, 0.25) is 5.95 Å². The molecular formula is C14H14F3N3O. The van der Waals surface area contributed by atoms with E-state index < -0.39 is 17.8 Å². The molecule has 4 nitrogen and oxygen atoms in total. The number of nitrogens with two attached hydrogens (primary N) is 1. The minimum absolute atomic E-state index is 0.0527. The first-order chi connectivity index (χ1) is 9.68. The molecule has 1 aromatic heterocycles. The van der Waals surface area contributed by atoms with Crippen molar-refractivity contribution in [2.45, 2.75) is 26.4 Å². The number of aromatic hydroxyl groups is 1. The summed E-state index contributed by atoms with van der Waals surface area (Å²) in [6, 6.07) is 3.18. The van der Waals surface area contributed by atoms with Crippen molar-refractivity contribution < 1.29 is 18.3 Å². The fourth-order valence-electron chi connectivity index (χ4n) is 2.00. The van der Waals surface area contributed by atoms with Gasteiger partial charge in [0.25, 0.3) is 0 Å². The van der Waals surface area contributed by atoms with Crippen LogP contribution in [0.4, 0.5) is 19.1 Å². The van der Waals surface area contributed by atoms with Crippen molar-refractivity contribution in [2.75, 3.05) is 5.73 Å². The number of hydrogen-bond acceptors (Lipinski definition) is 4. The molecule has 2 aromatic rings. The van der Waals surface area contributed by atoms with E-state index in [2.05, 4.69) is 9.97 Å². The minimum Gasteiger partial charge on any atom is -0.508 e. The zero-order valence-corrected chi connectivity index (χ0v) is 11.5. The fourth-order valence-corrected chi connectivity index (χ4v) is 2.00. The van der Waals surface area contributed by atoms with E-state index in [0.717, 1.165) is 17.3 Å². The number of rotatable bonds is 2. The molecule has 1 heterocycles. The van der Waals surface area contributed by atoms with Crippen molar-refractivity contribution in [3.8, 4) is 5.75 Å². The first-order valence-electron chi connectivity index (χ1n) is 6.16. The van der Waals surface area contributed by atoms with E-state index in [0.29, 0.717) is 5.56 Å². The molecule has 0 bridgehead atoms. The Labute approximate surface area is 119 Å². The standard InChI is InChI=1S/C14H14F3N3O/c1-7-3-9(11(21)4-8(7)2)5-10-6-19-13(18)20-12(10)14(15,16)17/h3-4,6,21H,5H2,1-2H3,(H2,18,19,20). The third-order valence-electron chi connectivity index (χ3n) is 3.23. The van der Waals surface area contributed by atoms with Crippen LogP contribution in [0.3, 0.4) is 0 Å². The van der Waals surface area contributed by atoms with Crippen molar-refractivity contribution >= 4 is 5.95 Å². The molecular weight excluding hydrogens is 283 g/mol. The zero-order valence-electron chi connectivity index (χ0n) is 11.5. The second-order valence-corrected chi connectivity index (χ2v) is 4.84. The van der Waals surface area contributed by atoms with Crippen molar-refractivity contribution in [3.05, 3.63) is 46.3 Å². The molecule has 0 aliphatic rings. The van der Waals surface area contributed by atoms with E-state index in [9.17, 15) is 18.3 Å². The van der Waals surface area contributed by atoms with Crippen molar-refractivity contribution in [1.29, 1.82) is 0 Å². The summed E-state index contributed by atoms with van der Waals surface area (Å²) in [6.07, 6.45) is -3.70. The molecule has 7 heteroatoms. The van der Waals surface area contributed by atoms with Crippen LogP contribution in [-0.4, -0.2) is 15.1 Å². The Balaban J connectivity index is 2.47. The molecule has 21 heavy (non-hydrogen) atoms. The van der Waals surface area contributed by atoms with Gasteiger partial charge >= 0.3 is 6.18 Å². The van der Waals surface area contributed by atoms with E-state index in [1.165, 1.54) is 6.07 Å². The number of benzene rings is 1. The molecule has 112 valence electrons. The lowest BCUT2D eigenvalue weighted by Gasteiger charge is -2.13. The highest BCUT2D eigenvalue weighted by atomic mass is 19.4. The number of nitrogens with zero attached hydrogens (tertiary/aromatic N) is 2. The number of anilines is 1. The summed E-state index contributed by atoms with van der Waals surface area (Å²) < 4.78 is 38.9. The molecule has 0 saturated heterocycles. The number of phenolic OH excluding ortho intramolecular Hbond substituents is 1. The fraction of sp³-hybridized carbons (Fsp3) is 0.286. The normalized spacial score (nSPS) is 11.7. The molecule has 0 atom stereocenters. The van der Waals surface area contributed by atoms with Gasteiger partial charge in [0, 0.05) is 18.2 Å². The minimum atomic E-state index is -4.62. The number of aryl methyl sites for hydroxylation is 2. The van der Waals surface area contributed by atoms with Crippen LogP contribution in [0.25, 0.3) is 0 Å². The highest BCUT2D eigenvalue weighted by molar-refractivity contribution is 5.44. The molecule has 0 unspecified atom stereocenters. The van der Waals surface area contributed by atoms with E-state index in [1.54, 1.807) is 6.07 Å². The summed E-state index contributed by atoms with van der Waals surface area (Å²) in [5.74, 6) is -0.488. The molecule has 0 amide bonds. The highest BCUT2D eigenvalue weighted by Crippen LogP contribution is 2.33. The maximum absolute atomic E-state index is 13.0. The Kier molecular flexibility index (Phi) is 3.76. The lowest BCUT2D eigenvalue weighted by Crippen LogP contribution is -2.15. The average Bonchev–Trinajstić information content (AvgIpc) is 2.36. The number of phenols is 1. The summed E-state index contributed by atoms with van der Waals surface area (Å²) in [6.45, 7) is 3.63. The van der Waals surface area contributed by atoms with E-state index in [4.69, 9.17) is 5.73 Å². The Morgan fingerprint density at radius 3 is 2.38 bits per heavy atom. The van der Waals surface area contributed by atoms with Gasteiger partial charge < -0.3 is 10.8 Å². The number of hydrogen-bond donors (Lipinski definition) is 2. The smallest absolute Gasteiger partial charge is 0.433 e. The molecule has 2 rings (SSSR count). The SMILES string of the molecule is Cc1cc(O)c(Cc2cnc(N)nc2C(F)(F)F)cc1C. The van der Waals surface area contributed by atoms with Crippen LogP contribution < -0.4 is 5.73 Å². The van der Waals surface area contributed by atoms with Crippen LogP contribution in [0, 0.1) is 13.8 Å². The maximum atomic E-state index is 13.0. The van der Waals surface area contributed by atoms with Gasteiger partial charge in [-0.15, -0.1) is 0 Å². The van der Waals surface area contributed by atoms with Gasteiger partial charge in [0.05, 0.1) is 0 Å². The summed E-state index contributed by atoms with van der Waals surface area (Å²) in [5.41, 5.74) is 6.14. The Hall–Kier alpha value is -2.31. The van der Waals surface area contributed by atoms with Gasteiger partial charge in [-0.3, -0.25) is 0 Å². The summed E-state index contributed by atoms with van der Waals surface area (Å²) in [5, 5.41) is 9.88. The van der Waals surface area contributed by atoms with Gasteiger partial charge in [0.15, 0.2) is 5.69 Å². The predicted octanol–water partition coefficient (Wildman–Crippen LogP) is 2.99. The Morgan fingerprint density at radius 2 is 1.76 bits per heavy atom. The van der Waals surface area contributed by atoms with Crippen LogP contribution in [0.1, 0.15) is 27.9 Å². The van der Waals surface area contributed by atoms with Crippen molar-refractivity contribution in [1.82, 2.24) is 9.97 Å². The van der Waals surface area contributed by atoms with Gasteiger partial charge in [-0.25, -0.2) is 9.97 Å². The molecule has 0 radical (unpaired) electrons. The van der Waals surface area contributed by atoms with E-state index >= 15 is 0 Å². The third kappa shape index (κ3) is 3.24. The molecule has 0 aliphatic heterocycles. The molecule has 0 fully saturated rings. The highest BCUT2D eigenvalue weighted by Gasteiger charge is 2.36. The van der Waals surface area contributed by atoms with Crippen LogP contribution in [0.15, 0.2) is 18.3 Å². The average molecular weight is 297 g/mol. The second-order valence-electron chi connectivity index (χ2n) is 4.84. The number of nitrogen functional groups attached to an aromatic ring is 1. The van der Waals surface area contributed by atoms with Crippen LogP contribution in [-0.2, 0) is 12.6 Å². The molecule has 3 N–H and O–H groups in total. The summed E-state index contributed by atoms with van der Waals surface area (Å²) in [7, 11) is 0. The predicted molar refractivity (Wildman–Crippen MR) is 71.8 cm³/mol. The second kappa shape index (κ2) is 5.23. The van der Waals surface area contributed by atoms with Crippen molar-refractivity contribution in [3.63, 3.8) is 0 Å². The zero-order chi connectivity index (χ0) is 15.8. The molecule has 1 aromatic carbocycles. The third-order valence-corrected chi connectivity index (χ3v) is 3.23. The van der Waals surface area contributed by atoms with Crippen LogP contribution in [0.2, 0.25) is 0 Å². The number of alkyl halides is 3. The Bertz CT molecular complexity index is 684. The summed E-state index contributed by atoms with van der Waals surface area (Å²) >= 11 is 0. The number of halogens is 3. The van der Waals surface area contributed by atoms with Gasteiger partial charge in [-0.1, -0.05) is 6.07 Å². The molecule has 0 aliphatic carbocycles. The quantitative estimate of drug-likeness (QED) is 0.894. The molecule has 0 saturated carbocycles. The largest absolute Gasteiger partial charge is 0.508 e. The molecule has 0 spiro atoms. The van der Waals surface area contributed by atoms with E-state index in [-0.39, 0.29) is 17.7 Å². The first kappa shape index (κ1) is 15.1. The van der Waals surface area contributed by atoms with Gasteiger partial charge in [0.1, 0.15) is 5.75 Å². The van der Waals surface area contributed by atoms with Crippen LogP contribution >= 0.6 is 0 Å². The summed E-state index contributed by atoms with van der Waals surface area (Å²) in [4.78, 5) is 6.87. The monoisotopic (exact) mass is 297 g/mol. The lowest BCUT2D eigenvalue weighted by molar-refractivity contribution is -0.141. The van der Waals surface area contributed by atoms with E-state index in [1.807, 2.05) is 13.8 Å². The Morgan fingerprint density at radius 1 is 1.14 bits per heavy atom. The maximum Gasteiger partial charge on any atom is 0.433 e. The topological polar surface area (TPSA) is 72.0 Å². The van der Waals surface area contributed by atoms with Gasteiger partial charge in [-0.2, -0.15) is 13.2 Å². The van der Waals surface area contributed by atoms with Gasteiger partial charge in [-0.05, 0) is 36.6 Å².